The summed E-state index contributed by atoms with van der Waals surface area (Å²) in [5.74, 6) is -1.01. The van der Waals surface area contributed by atoms with E-state index < -0.39 is 5.97 Å². The number of carbonyl (C=O) groups is 2. The van der Waals surface area contributed by atoms with Gasteiger partial charge in [0.25, 0.3) is 0 Å². The minimum absolute atomic E-state index is 0.0757. The van der Waals surface area contributed by atoms with E-state index >= 15 is 0 Å². The number of rotatable bonds is 3. The van der Waals surface area contributed by atoms with Crippen LogP contribution in [-0.2, 0) is 0 Å². The number of hydrogen-bond acceptors (Lipinski definition) is 2. The van der Waals surface area contributed by atoms with Crippen LogP contribution in [0.1, 0.15) is 24.2 Å². The van der Waals surface area contributed by atoms with Crippen molar-refractivity contribution < 1.29 is 14.7 Å². The second-order valence-electron chi connectivity index (χ2n) is 4.17. The van der Waals surface area contributed by atoms with Crippen molar-refractivity contribution in [2.75, 3.05) is 12.4 Å². The first-order valence-corrected chi connectivity index (χ1v) is 6.47. The third-order valence-corrected chi connectivity index (χ3v) is 3.11. The lowest BCUT2D eigenvalue weighted by Gasteiger charge is -2.22. The zero-order valence-electron chi connectivity index (χ0n) is 10.4. The molecule has 18 heavy (non-hydrogen) atoms. The lowest BCUT2D eigenvalue weighted by atomic mass is 10.2. The number of aromatic carboxylic acids is 1. The Hall–Kier alpha value is -1.31. The van der Waals surface area contributed by atoms with Crippen LogP contribution in [-0.4, -0.2) is 35.1 Å². The van der Waals surface area contributed by atoms with Crippen LogP contribution in [0.3, 0.4) is 0 Å². The maximum Gasteiger partial charge on any atom is 0.335 e. The molecule has 0 saturated heterocycles. The van der Waals surface area contributed by atoms with E-state index in [1.807, 2.05) is 36.4 Å². The van der Waals surface area contributed by atoms with Crippen LogP contribution in [0.25, 0.3) is 0 Å². The van der Waals surface area contributed by atoms with Gasteiger partial charge in [0, 0.05) is 22.3 Å². The minimum Gasteiger partial charge on any atom is -0.478 e. The highest BCUT2D eigenvalue weighted by Gasteiger charge is 2.13. The van der Waals surface area contributed by atoms with Gasteiger partial charge in [-0.3, -0.25) is 0 Å². The van der Waals surface area contributed by atoms with Gasteiger partial charge in [0.05, 0.1) is 5.56 Å². The van der Waals surface area contributed by atoms with Crippen molar-refractivity contribution in [2.24, 2.45) is 0 Å². The molecule has 0 saturated carbocycles. The van der Waals surface area contributed by atoms with Crippen LogP contribution in [0.15, 0.2) is 18.2 Å². The highest BCUT2D eigenvalue weighted by molar-refractivity contribution is 14.1. The molecule has 0 aliphatic carbocycles. The Bertz CT molecular complexity index is 474. The molecule has 0 aliphatic rings. The number of halogens is 1. The van der Waals surface area contributed by atoms with E-state index in [1.54, 1.807) is 24.1 Å². The van der Waals surface area contributed by atoms with E-state index in [4.69, 9.17) is 5.11 Å². The molecule has 0 heterocycles. The van der Waals surface area contributed by atoms with Crippen molar-refractivity contribution >= 4 is 40.3 Å². The maximum absolute atomic E-state index is 11.8. The van der Waals surface area contributed by atoms with Gasteiger partial charge >= 0.3 is 12.0 Å². The first-order chi connectivity index (χ1) is 8.31. The van der Waals surface area contributed by atoms with Crippen molar-refractivity contribution in [1.82, 2.24) is 4.90 Å². The van der Waals surface area contributed by atoms with Gasteiger partial charge in [0.2, 0.25) is 0 Å². The molecule has 1 rings (SSSR count). The van der Waals surface area contributed by atoms with Crippen LogP contribution in [0.5, 0.6) is 0 Å². The molecule has 0 unspecified atom stereocenters. The zero-order chi connectivity index (χ0) is 13.9. The largest absolute Gasteiger partial charge is 0.478 e. The fourth-order valence-corrected chi connectivity index (χ4v) is 1.90. The van der Waals surface area contributed by atoms with E-state index in [0.29, 0.717) is 5.69 Å². The summed E-state index contributed by atoms with van der Waals surface area (Å²) in [6.45, 7) is 3.80. The molecule has 0 aromatic heterocycles. The number of hydrogen-bond donors (Lipinski definition) is 2. The average molecular weight is 362 g/mol. The second-order valence-corrected chi connectivity index (χ2v) is 5.41. The number of nitrogens with zero attached hydrogens (tertiary/aromatic N) is 1. The molecule has 2 N–H and O–H groups in total. The molecule has 0 spiro atoms. The number of carbonyl (C=O) groups excluding carboxylic acids is 1. The van der Waals surface area contributed by atoms with Gasteiger partial charge in [-0.2, -0.15) is 0 Å². The van der Waals surface area contributed by atoms with Gasteiger partial charge in [-0.05, 0) is 54.6 Å². The summed E-state index contributed by atoms with van der Waals surface area (Å²) in [7, 11) is 1.69. The van der Waals surface area contributed by atoms with E-state index in [9.17, 15) is 9.59 Å². The topological polar surface area (TPSA) is 69.6 Å². The Morgan fingerprint density at radius 1 is 1.33 bits per heavy atom. The number of carboxylic acids is 1. The van der Waals surface area contributed by atoms with Crippen LogP contribution < -0.4 is 5.32 Å². The smallest absolute Gasteiger partial charge is 0.335 e. The summed E-state index contributed by atoms with van der Waals surface area (Å²) in [5.41, 5.74) is 0.640. The Balaban J connectivity index is 2.91. The predicted octanol–water partition coefficient (Wildman–Crippen LogP) is 2.86. The van der Waals surface area contributed by atoms with Crippen molar-refractivity contribution in [1.29, 1.82) is 0 Å². The quantitative estimate of drug-likeness (QED) is 0.813. The summed E-state index contributed by atoms with van der Waals surface area (Å²) >= 11 is 2.01. The first-order valence-electron chi connectivity index (χ1n) is 5.39. The molecule has 0 aliphatic heterocycles. The number of amides is 2. The Morgan fingerprint density at radius 3 is 2.44 bits per heavy atom. The first kappa shape index (κ1) is 14.7. The molecule has 6 heteroatoms. The van der Waals surface area contributed by atoms with Gasteiger partial charge < -0.3 is 15.3 Å². The average Bonchev–Trinajstić information content (AvgIpc) is 2.26. The number of urea groups is 1. The third-order valence-electron chi connectivity index (χ3n) is 2.49. The van der Waals surface area contributed by atoms with Crippen LogP contribution in [0.2, 0.25) is 0 Å². The highest BCUT2D eigenvalue weighted by Crippen LogP contribution is 2.17. The molecule has 1 aromatic rings. The second kappa shape index (κ2) is 6.03. The molecule has 1 aromatic carbocycles. The lowest BCUT2D eigenvalue weighted by molar-refractivity contribution is 0.0696. The molecular formula is C12H15IN2O3. The summed E-state index contributed by atoms with van der Waals surface area (Å²) in [6, 6.07) is 4.52. The van der Waals surface area contributed by atoms with E-state index in [0.717, 1.165) is 3.57 Å². The van der Waals surface area contributed by atoms with Gasteiger partial charge in [-0.15, -0.1) is 0 Å². The number of nitrogens with one attached hydrogen (secondary N) is 1. The summed E-state index contributed by atoms with van der Waals surface area (Å²) in [5, 5.41) is 11.6. The SMILES string of the molecule is CC(C)N(C)C(=O)Nc1cc(I)cc(C(=O)O)c1. The molecule has 2 amide bonds. The Morgan fingerprint density at radius 2 is 1.94 bits per heavy atom. The molecule has 0 radical (unpaired) electrons. The van der Waals surface area contributed by atoms with Crippen LogP contribution in [0.4, 0.5) is 10.5 Å². The van der Waals surface area contributed by atoms with Crippen molar-refractivity contribution in [3.63, 3.8) is 0 Å². The number of anilines is 1. The fraction of sp³-hybridized carbons (Fsp3) is 0.333. The maximum atomic E-state index is 11.8. The van der Waals surface area contributed by atoms with Gasteiger partial charge in [0.15, 0.2) is 0 Å². The number of carboxylic acid groups (broad SMARTS) is 1. The summed E-state index contributed by atoms with van der Waals surface area (Å²) in [4.78, 5) is 24.3. The third kappa shape index (κ3) is 3.86. The van der Waals surface area contributed by atoms with Crippen molar-refractivity contribution in [3.05, 3.63) is 27.3 Å². The molecule has 0 atom stereocenters. The molecule has 5 nitrogen and oxygen atoms in total. The van der Waals surface area contributed by atoms with Crippen LogP contribution >= 0.6 is 22.6 Å². The van der Waals surface area contributed by atoms with Crippen molar-refractivity contribution in [2.45, 2.75) is 19.9 Å². The van der Waals surface area contributed by atoms with Gasteiger partial charge in [0.1, 0.15) is 0 Å². The standard InChI is InChI=1S/C12H15IN2O3/c1-7(2)15(3)12(18)14-10-5-8(11(16)17)4-9(13)6-10/h4-7H,1-3H3,(H,14,18)(H,16,17). The monoisotopic (exact) mass is 362 g/mol. The Kier molecular flexibility index (Phi) is 4.94. The van der Waals surface area contributed by atoms with Gasteiger partial charge in [-0.1, -0.05) is 0 Å². The molecule has 98 valence electrons. The van der Waals surface area contributed by atoms with E-state index in [2.05, 4.69) is 5.32 Å². The number of benzene rings is 1. The normalized spacial score (nSPS) is 10.3. The van der Waals surface area contributed by atoms with Crippen LogP contribution in [0, 0.1) is 3.57 Å². The predicted molar refractivity (Wildman–Crippen MR) is 78.0 cm³/mol. The summed E-state index contributed by atoms with van der Waals surface area (Å²) in [6.07, 6.45) is 0. The molecule has 0 bridgehead atoms. The van der Waals surface area contributed by atoms with E-state index in [1.165, 1.54) is 6.07 Å². The fourth-order valence-electron chi connectivity index (χ4n) is 1.23. The van der Waals surface area contributed by atoms with Crippen molar-refractivity contribution in [3.8, 4) is 0 Å². The zero-order valence-corrected chi connectivity index (χ0v) is 12.6. The van der Waals surface area contributed by atoms with Gasteiger partial charge in [-0.25, -0.2) is 9.59 Å². The minimum atomic E-state index is -1.01. The molecular weight excluding hydrogens is 347 g/mol. The highest BCUT2D eigenvalue weighted by atomic mass is 127. The lowest BCUT2D eigenvalue weighted by Crippen LogP contribution is -2.36. The van der Waals surface area contributed by atoms with E-state index in [-0.39, 0.29) is 17.6 Å². The molecule has 0 fully saturated rings. The summed E-state index contributed by atoms with van der Waals surface area (Å²) < 4.78 is 0.759. The Labute approximate surface area is 119 Å².